The zero-order chi connectivity index (χ0) is 23.1. The molecule has 0 unspecified atom stereocenters. The first-order valence-electron chi connectivity index (χ1n) is 12.3. The van der Waals surface area contributed by atoms with Crippen LogP contribution in [-0.4, -0.2) is 62.2 Å². The minimum Gasteiger partial charge on any atom is -0.494 e. The normalized spacial score (nSPS) is 16.2. The molecule has 0 radical (unpaired) electrons. The van der Waals surface area contributed by atoms with E-state index < -0.39 is 5.60 Å². The van der Waals surface area contributed by atoms with Gasteiger partial charge in [-0.3, -0.25) is 0 Å². The van der Waals surface area contributed by atoms with Gasteiger partial charge in [-0.05, 0) is 74.1 Å². The van der Waals surface area contributed by atoms with Crippen LogP contribution in [0.2, 0.25) is 0 Å². The Morgan fingerprint density at radius 2 is 1.74 bits per heavy atom. The quantitative estimate of drug-likeness (QED) is 0.399. The van der Waals surface area contributed by atoms with Gasteiger partial charge >= 0.3 is 0 Å². The van der Waals surface area contributed by atoms with Crippen LogP contribution in [0.3, 0.4) is 0 Å². The van der Waals surface area contributed by atoms with Crippen LogP contribution in [0, 0.1) is 0 Å². The number of ether oxygens (including phenoxy) is 3. The molecule has 0 aromatic heterocycles. The predicted octanol–water partition coefficient (Wildman–Crippen LogP) is 5.33. The molecule has 6 nitrogen and oxygen atoms in total. The minimum absolute atomic E-state index is 0. The van der Waals surface area contributed by atoms with Crippen LogP contribution in [-0.2, 0) is 6.42 Å². The van der Waals surface area contributed by atoms with Gasteiger partial charge in [-0.25, -0.2) is 0 Å². The molecule has 1 saturated heterocycles. The number of rotatable bonds is 11. The number of halogens is 2. The number of benzene rings is 2. The average molecular weight is 528 g/mol. The largest absolute Gasteiger partial charge is 0.494 e. The number of likely N-dealkylation sites (tertiary alicyclic amines) is 1. The van der Waals surface area contributed by atoms with Gasteiger partial charge in [0.05, 0.1) is 12.2 Å². The summed E-state index contributed by atoms with van der Waals surface area (Å²) in [5, 5.41) is 11.1. The highest BCUT2D eigenvalue weighted by Gasteiger charge is 2.32. The van der Waals surface area contributed by atoms with E-state index in [1.807, 2.05) is 18.2 Å². The molecule has 0 aliphatic carbocycles. The fraction of sp³-hybridized carbons (Fsp3) is 0.556. The molecule has 0 saturated carbocycles. The van der Waals surface area contributed by atoms with Crippen molar-refractivity contribution in [2.24, 2.45) is 0 Å². The van der Waals surface area contributed by atoms with Crippen LogP contribution in [0.1, 0.15) is 44.6 Å². The minimum atomic E-state index is -0.577. The second-order valence-electron chi connectivity index (χ2n) is 9.37. The van der Waals surface area contributed by atoms with Crippen LogP contribution in [0.25, 0.3) is 0 Å². The summed E-state index contributed by atoms with van der Waals surface area (Å²) in [4.78, 5) is 4.68. The fourth-order valence-electron chi connectivity index (χ4n) is 4.46. The van der Waals surface area contributed by atoms with Crippen LogP contribution >= 0.6 is 24.8 Å². The second-order valence-corrected chi connectivity index (χ2v) is 9.37. The van der Waals surface area contributed by atoms with Crippen molar-refractivity contribution >= 4 is 30.5 Å². The zero-order valence-corrected chi connectivity index (χ0v) is 22.5. The Kier molecular flexibility index (Phi) is 11.8. The second kappa shape index (κ2) is 14.0. The molecule has 0 spiro atoms. The molecule has 2 aliphatic rings. The van der Waals surface area contributed by atoms with Crippen molar-refractivity contribution in [1.82, 2.24) is 4.90 Å². The molecule has 0 atom stereocenters. The van der Waals surface area contributed by atoms with Gasteiger partial charge in [0.1, 0.15) is 5.75 Å². The molecule has 0 bridgehead atoms. The number of nitrogens with zero attached hydrogens (tertiary/aromatic N) is 2. The highest BCUT2D eigenvalue weighted by molar-refractivity contribution is 5.85. The zero-order valence-electron chi connectivity index (χ0n) is 20.9. The van der Waals surface area contributed by atoms with Crippen molar-refractivity contribution in [3.8, 4) is 17.2 Å². The molecule has 1 fully saturated rings. The van der Waals surface area contributed by atoms with Crippen molar-refractivity contribution in [1.29, 1.82) is 0 Å². The Labute approximate surface area is 222 Å². The molecule has 2 aromatic carbocycles. The van der Waals surface area contributed by atoms with E-state index >= 15 is 0 Å². The lowest BCUT2D eigenvalue weighted by Crippen LogP contribution is -2.46. The smallest absolute Gasteiger partial charge is 0.231 e. The van der Waals surface area contributed by atoms with E-state index in [9.17, 15) is 5.11 Å². The van der Waals surface area contributed by atoms with E-state index in [0.717, 1.165) is 94.2 Å². The van der Waals surface area contributed by atoms with Crippen molar-refractivity contribution < 1.29 is 19.3 Å². The Balaban J connectivity index is 0.00000216. The number of unbranched alkanes of at least 4 members (excludes halogenated alkanes) is 1. The fourth-order valence-corrected chi connectivity index (χ4v) is 4.46. The molecule has 2 aromatic rings. The Bertz CT molecular complexity index is 889. The predicted molar refractivity (Wildman–Crippen MR) is 146 cm³/mol. The maximum absolute atomic E-state index is 11.1. The van der Waals surface area contributed by atoms with Gasteiger partial charge in [0, 0.05) is 38.9 Å². The molecule has 8 heteroatoms. The topological polar surface area (TPSA) is 54.4 Å². The summed E-state index contributed by atoms with van der Waals surface area (Å²) in [6.07, 6.45) is 5.64. The number of hydrogen-bond acceptors (Lipinski definition) is 6. The monoisotopic (exact) mass is 526 g/mol. The molecule has 4 rings (SSSR count). The third-order valence-electron chi connectivity index (χ3n) is 6.90. The highest BCUT2D eigenvalue weighted by atomic mass is 35.5. The standard InChI is InChI=1S/C27H38N2O4.2ClH/c1-3-4-19-31-24-8-6-23(7-9-24)28(2)16-12-27(30)13-17-29(18-14-27)15-11-22-5-10-25-26(20-22)33-21-32-25;;/h5-10,20,30H,3-4,11-19,21H2,1-2H3;2*1H. The van der Waals surface area contributed by atoms with E-state index in [1.54, 1.807) is 0 Å². The number of fused-ring (bicyclic) bond motifs is 1. The van der Waals surface area contributed by atoms with Crippen LogP contribution in [0.5, 0.6) is 17.2 Å². The Morgan fingerprint density at radius 3 is 2.46 bits per heavy atom. The van der Waals surface area contributed by atoms with Crippen LogP contribution in [0.15, 0.2) is 42.5 Å². The van der Waals surface area contributed by atoms with E-state index in [-0.39, 0.29) is 24.8 Å². The molecular formula is C27H40Cl2N2O4. The van der Waals surface area contributed by atoms with E-state index in [2.05, 4.69) is 48.0 Å². The summed E-state index contributed by atoms with van der Waals surface area (Å²) in [6.45, 7) is 6.97. The van der Waals surface area contributed by atoms with E-state index in [4.69, 9.17) is 14.2 Å². The molecule has 35 heavy (non-hydrogen) atoms. The van der Waals surface area contributed by atoms with Crippen LogP contribution in [0.4, 0.5) is 5.69 Å². The molecule has 2 aliphatic heterocycles. The lowest BCUT2D eigenvalue weighted by atomic mass is 9.88. The highest BCUT2D eigenvalue weighted by Crippen LogP contribution is 2.33. The molecule has 196 valence electrons. The van der Waals surface area contributed by atoms with Gasteiger partial charge in [-0.15, -0.1) is 24.8 Å². The number of anilines is 1. The molecule has 0 amide bonds. The Hall–Kier alpha value is -1.86. The molecular weight excluding hydrogens is 487 g/mol. The summed E-state index contributed by atoms with van der Waals surface area (Å²) in [6, 6.07) is 14.5. The van der Waals surface area contributed by atoms with Crippen molar-refractivity contribution in [2.45, 2.75) is 51.0 Å². The summed E-state index contributed by atoms with van der Waals surface area (Å²) in [5.74, 6) is 2.61. The summed E-state index contributed by atoms with van der Waals surface area (Å²) >= 11 is 0. The Morgan fingerprint density at radius 1 is 1.03 bits per heavy atom. The maximum Gasteiger partial charge on any atom is 0.231 e. The first-order chi connectivity index (χ1) is 16.0. The lowest BCUT2D eigenvalue weighted by Gasteiger charge is -2.39. The van der Waals surface area contributed by atoms with E-state index in [1.165, 1.54) is 5.56 Å². The first-order valence-corrected chi connectivity index (χ1v) is 12.3. The van der Waals surface area contributed by atoms with Gasteiger partial charge in [-0.2, -0.15) is 0 Å². The van der Waals surface area contributed by atoms with E-state index in [0.29, 0.717) is 6.79 Å². The van der Waals surface area contributed by atoms with Gasteiger partial charge in [-0.1, -0.05) is 19.4 Å². The summed E-state index contributed by atoms with van der Waals surface area (Å²) < 4.78 is 16.6. The number of piperidine rings is 1. The summed E-state index contributed by atoms with van der Waals surface area (Å²) in [5.41, 5.74) is 1.85. The van der Waals surface area contributed by atoms with Gasteiger partial charge < -0.3 is 29.1 Å². The molecule has 2 heterocycles. The SMILES string of the molecule is CCCCOc1ccc(N(C)CCC2(O)CCN(CCc3ccc4c(c3)OCO4)CC2)cc1.Cl.Cl. The average Bonchev–Trinajstić information content (AvgIpc) is 3.31. The van der Waals surface area contributed by atoms with Gasteiger partial charge in [0.2, 0.25) is 6.79 Å². The first kappa shape index (κ1) is 29.4. The number of aliphatic hydroxyl groups is 1. The third-order valence-corrected chi connectivity index (χ3v) is 6.90. The lowest BCUT2D eigenvalue weighted by molar-refractivity contribution is -0.0254. The van der Waals surface area contributed by atoms with Crippen molar-refractivity contribution in [2.75, 3.05) is 51.5 Å². The number of hydrogen-bond donors (Lipinski definition) is 1. The maximum atomic E-state index is 11.1. The third kappa shape index (κ3) is 8.35. The van der Waals surface area contributed by atoms with Gasteiger partial charge in [0.25, 0.3) is 0 Å². The van der Waals surface area contributed by atoms with Crippen molar-refractivity contribution in [3.05, 3.63) is 48.0 Å². The van der Waals surface area contributed by atoms with Gasteiger partial charge in [0.15, 0.2) is 11.5 Å². The van der Waals surface area contributed by atoms with Crippen molar-refractivity contribution in [3.63, 3.8) is 0 Å². The van der Waals surface area contributed by atoms with Crippen LogP contribution < -0.4 is 19.1 Å². The summed E-state index contributed by atoms with van der Waals surface area (Å²) in [7, 11) is 2.09. The molecule has 1 N–H and O–H groups in total.